The molecule has 3 rings (SSSR count). The van der Waals surface area contributed by atoms with Crippen molar-refractivity contribution in [1.29, 1.82) is 0 Å². The molecular weight excluding hydrogens is 288 g/mol. The zero-order valence-electron chi connectivity index (χ0n) is 15.8. The van der Waals surface area contributed by atoms with Gasteiger partial charge in [0.25, 0.3) is 0 Å². The molecule has 0 aromatic heterocycles. The molecule has 24 heavy (non-hydrogen) atoms. The van der Waals surface area contributed by atoms with Gasteiger partial charge in [-0.3, -0.25) is 0 Å². The van der Waals surface area contributed by atoms with Gasteiger partial charge in [-0.2, -0.15) is 0 Å². The predicted molar refractivity (Wildman–Crippen MR) is 107 cm³/mol. The Kier molecular flexibility index (Phi) is 4.03. The molecule has 0 fully saturated rings. The van der Waals surface area contributed by atoms with Crippen molar-refractivity contribution in [1.82, 2.24) is 0 Å². The SMILES string of the molecule is CC(C)(C)c1ccc(-c2cc(C(C)(C)C)c3ccccc3c2)cc1. The molecule has 0 spiro atoms. The average molecular weight is 316 g/mol. The van der Waals surface area contributed by atoms with Gasteiger partial charge in [-0.25, -0.2) is 0 Å². The van der Waals surface area contributed by atoms with Crippen LogP contribution in [0.1, 0.15) is 52.7 Å². The maximum absolute atomic E-state index is 2.37. The number of rotatable bonds is 1. The average Bonchev–Trinajstić information content (AvgIpc) is 2.52. The monoisotopic (exact) mass is 316 g/mol. The van der Waals surface area contributed by atoms with E-state index < -0.39 is 0 Å². The first-order valence-electron chi connectivity index (χ1n) is 8.80. The fraction of sp³-hybridized carbons (Fsp3) is 0.333. The summed E-state index contributed by atoms with van der Waals surface area (Å²) in [5.74, 6) is 0. The molecule has 0 saturated heterocycles. The molecule has 0 aliphatic carbocycles. The maximum atomic E-state index is 2.37. The molecule has 0 unspecified atom stereocenters. The van der Waals surface area contributed by atoms with E-state index in [1.807, 2.05) is 0 Å². The summed E-state index contributed by atoms with van der Waals surface area (Å²) in [4.78, 5) is 0. The Bertz CT molecular complexity index is 853. The lowest BCUT2D eigenvalue weighted by Gasteiger charge is -2.23. The highest BCUT2D eigenvalue weighted by Gasteiger charge is 2.18. The van der Waals surface area contributed by atoms with Crippen LogP contribution in [0.5, 0.6) is 0 Å². The van der Waals surface area contributed by atoms with Crippen molar-refractivity contribution < 1.29 is 0 Å². The fourth-order valence-corrected chi connectivity index (χ4v) is 3.26. The van der Waals surface area contributed by atoms with Crippen molar-refractivity contribution in [2.45, 2.75) is 52.4 Å². The minimum Gasteiger partial charge on any atom is -0.0616 e. The lowest BCUT2D eigenvalue weighted by molar-refractivity contribution is 0.590. The summed E-state index contributed by atoms with van der Waals surface area (Å²) >= 11 is 0. The van der Waals surface area contributed by atoms with E-state index in [4.69, 9.17) is 0 Å². The lowest BCUT2D eigenvalue weighted by atomic mass is 9.81. The van der Waals surface area contributed by atoms with Crippen LogP contribution in [0.15, 0.2) is 60.7 Å². The van der Waals surface area contributed by atoms with Crippen molar-refractivity contribution in [3.05, 3.63) is 71.8 Å². The van der Waals surface area contributed by atoms with Crippen LogP contribution in [0.2, 0.25) is 0 Å². The molecule has 0 saturated carbocycles. The molecule has 0 N–H and O–H groups in total. The molecule has 0 radical (unpaired) electrons. The van der Waals surface area contributed by atoms with Gasteiger partial charge in [-0.15, -0.1) is 0 Å². The Labute approximate surface area is 146 Å². The molecule has 0 bridgehead atoms. The minimum absolute atomic E-state index is 0.126. The van der Waals surface area contributed by atoms with Gasteiger partial charge in [0.15, 0.2) is 0 Å². The summed E-state index contributed by atoms with van der Waals surface area (Å²) in [6.45, 7) is 13.7. The second-order valence-corrected chi connectivity index (χ2v) is 8.82. The van der Waals surface area contributed by atoms with Crippen LogP contribution in [0.25, 0.3) is 21.9 Å². The summed E-state index contributed by atoms with van der Waals surface area (Å²) in [6.07, 6.45) is 0. The largest absolute Gasteiger partial charge is 0.0616 e. The predicted octanol–water partition coefficient (Wildman–Crippen LogP) is 7.10. The Morgan fingerprint density at radius 3 is 1.79 bits per heavy atom. The van der Waals surface area contributed by atoms with Gasteiger partial charge in [0.2, 0.25) is 0 Å². The Balaban J connectivity index is 2.17. The zero-order chi connectivity index (χ0) is 17.5. The van der Waals surface area contributed by atoms with Gasteiger partial charge >= 0.3 is 0 Å². The molecule has 0 atom stereocenters. The molecule has 0 heteroatoms. The molecule has 0 aliphatic heterocycles. The van der Waals surface area contributed by atoms with Gasteiger partial charge in [-0.1, -0.05) is 90.1 Å². The first-order valence-corrected chi connectivity index (χ1v) is 8.80. The van der Waals surface area contributed by atoms with E-state index in [9.17, 15) is 0 Å². The molecule has 0 heterocycles. The van der Waals surface area contributed by atoms with Crippen molar-refractivity contribution >= 4 is 10.8 Å². The topological polar surface area (TPSA) is 0 Å². The third kappa shape index (κ3) is 3.24. The Hall–Kier alpha value is -2.08. The third-order valence-electron chi connectivity index (χ3n) is 4.75. The van der Waals surface area contributed by atoms with Gasteiger partial charge in [0.05, 0.1) is 0 Å². The van der Waals surface area contributed by atoms with Crippen LogP contribution in [-0.4, -0.2) is 0 Å². The highest BCUT2D eigenvalue weighted by Crippen LogP contribution is 2.35. The number of benzene rings is 3. The quantitative estimate of drug-likeness (QED) is 0.449. The second kappa shape index (κ2) is 5.77. The van der Waals surface area contributed by atoms with Gasteiger partial charge in [-0.05, 0) is 56.0 Å². The van der Waals surface area contributed by atoms with E-state index in [2.05, 4.69) is 102 Å². The van der Waals surface area contributed by atoms with Gasteiger partial charge in [0.1, 0.15) is 0 Å². The lowest BCUT2D eigenvalue weighted by Crippen LogP contribution is -2.12. The fourth-order valence-electron chi connectivity index (χ4n) is 3.26. The Morgan fingerprint density at radius 1 is 0.583 bits per heavy atom. The summed E-state index contributed by atoms with van der Waals surface area (Å²) in [5.41, 5.74) is 5.70. The van der Waals surface area contributed by atoms with E-state index in [1.165, 1.54) is 33.0 Å². The minimum atomic E-state index is 0.126. The number of hydrogen-bond acceptors (Lipinski definition) is 0. The van der Waals surface area contributed by atoms with E-state index in [-0.39, 0.29) is 10.8 Å². The van der Waals surface area contributed by atoms with E-state index in [0.717, 1.165) is 0 Å². The third-order valence-corrected chi connectivity index (χ3v) is 4.75. The van der Waals surface area contributed by atoms with Crippen LogP contribution in [0.3, 0.4) is 0 Å². The van der Waals surface area contributed by atoms with Crippen LogP contribution in [0, 0.1) is 0 Å². The summed E-state index contributed by atoms with van der Waals surface area (Å²) in [5, 5.41) is 2.68. The summed E-state index contributed by atoms with van der Waals surface area (Å²) < 4.78 is 0. The summed E-state index contributed by atoms with van der Waals surface area (Å²) in [7, 11) is 0. The first kappa shape index (κ1) is 16.8. The standard InChI is InChI=1S/C24H28/c1-23(2,3)20-13-11-17(12-14-20)19-15-18-9-7-8-10-21(18)22(16-19)24(4,5)6/h7-16H,1-6H3. The van der Waals surface area contributed by atoms with Crippen LogP contribution in [0.4, 0.5) is 0 Å². The smallest absolute Gasteiger partial charge is 0.0125 e. The van der Waals surface area contributed by atoms with E-state index in [1.54, 1.807) is 0 Å². The van der Waals surface area contributed by atoms with Crippen molar-refractivity contribution in [2.75, 3.05) is 0 Å². The molecule has 3 aromatic rings. The number of fused-ring (bicyclic) bond motifs is 1. The normalized spacial score (nSPS) is 12.6. The van der Waals surface area contributed by atoms with Crippen molar-refractivity contribution in [3.8, 4) is 11.1 Å². The molecule has 0 amide bonds. The van der Waals surface area contributed by atoms with Crippen molar-refractivity contribution in [3.63, 3.8) is 0 Å². The highest BCUT2D eigenvalue weighted by atomic mass is 14.2. The van der Waals surface area contributed by atoms with Crippen molar-refractivity contribution in [2.24, 2.45) is 0 Å². The zero-order valence-corrected chi connectivity index (χ0v) is 15.8. The number of hydrogen-bond donors (Lipinski definition) is 0. The van der Waals surface area contributed by atoms with E-state index >= 15 is 0 Å². The maximum Gasteiger partial charge on any atom is -0.0125 e. The van der Waals surface area contributed by atoms with Crippen LogP contribution >= 0.6 is 0 Å². The molecule has 0 aliphatic rings. The first-order chi connectivity index (χ1) is 11.2. The van der Waals surface area contributed by atoms with Crippen LogP contribution in [-0.2, 0) is 10.8 Å². The second-order valence-electron chi connectivity index (χ2n) is 8.82. The molecule has 124 valence electrons. The Morgan fingerprint density at radius 2 is 1.21 bits per heavy atom. The van der Waals surface area contributed by atoms with Gasteiger partial charge in [0, 0.05) is 0 Å². The van der Waals surface area contributed by atoms with E-state index in [0.29, 0.717) is 0 Å². The summed E-state index contributed by atoms with van der Waals surface area (Å²) in [6, 6.07) is 22.5. The molecule has 0 nitrogen and oxygen atoms in total. The molecular formula is C24H28. The van der Waals surface area contributed by atoms with Gasteiger partial charge < -0.3 is 0 Å². The molecule has 3 aromatic carbocycles. The highest BCUT2D eigenvalue weighted by molar-refractivity contribution is 5.91. The van der Waals surface area contributed by atoms with Crippen LogP contribution < -0.4 is 0 Å².